The standard InChI is InChI=1S/C19H15N5OS/c1-13-21-18(12-26-13)15-9-5-6-10-16(15)22-19(25)17-11-20-24(23-17)14-7-3-2-4-8-14/h2-12H,1H3,(H,22,25). The minimum atomic E-state index is -0.313. The minimum absolute atomic E-state index is 0.248. The van der Waals surface area contributed by atoms with Crippen molar-refractivity contribution < 1.29 is 4.79 Å². The van der Waals surface area contributed by atoms with E-state index in [1.54, 1.807) is 11.3 Å². The molecule has 128 valence electrons. The zero-order valence-corrected chi connectivity index (χ0v) is 14.8. The number of aromatic nitrogens is 4. The Balaban J connectivity index is 1.59. The molecule has 0 saturated carbocycles. The smallest absolute Gasteiger partial charge is 0.277 e. The summed E-state index contributed by atoms with van der Waals surface area (Å²) in [6, 6.07) is 17.0. The van der Waals surface area contributed by atoms with Crippen molar-refractivity contribution in [1.29, 1.82) is 0 Å². The average molecular weight is 361 g/mol. The van der Waals surface area contributed by atoms with Crippen LogP contribution in [0.4, 0.5) is 5.69 Å². The molecule has 0 fully saturated rings. The number of carbonyl (C=O) groups excluding carboxylic acids is 1. The van der Waals surface area contributed by atoms with Crippen LogP contribution in [0.3, 0.4) is 0 Å². The van der Waals surface area contributed by atoms with Gasteiger partial charge >= 0.3 is 0 Å². The Kier molecular flexibility index (Phi) is 4.28. The Hall–Kier alpha value is -3.32. The first-order valence-corrected chi connectivity index (χ1v) is 8.89. The molecule has 7 heteroatoms. The number of para-hydroxylation sites is 2. The van der Waals surface area contributed by atoms with Crippen molar-refractivity contribution in [2.45, 2.75) is 6.92 Å². The summed E-state index contributed by atoms with van der Waals surface area (Å²) in [4.78, 5) is 18.5. The molecular weight excluding hydrogens is 346 g/mol. The van der Waals surface area contributed by atoms with Crippen LogP contribution in [0.15, 0.2) is 66.2 Å². The number of aryl methyl sites for hydroxylation is 1. The van der Waals surface area contributed by atoms with Crippen molar-refractivity contribution in [3.05, 3.63) is 76.9 Å². The van der Waals surface area contributed by atoms with Gasteiger partial charge in [0, 0.05) is 10.9 Å². The highest BCUT2D eigenvalue weighted by Gasteiger charge is 2.15. The van der Waals surface area contributed by atoms with Crippen molar-refractivity contribution in [3.63, 3.8) is 0 Å². The number of nitrogens with zero attached hydrogens (tertiary/aromatic N) is 4. The maximum Gasteiger partial charge on any atom is 0.277 e. The molecule has 4 rings (SSSR count). The summed E-state index contributed by atoms with van der Waals surface area (Å²) in [5.41, 5.74) is 3.46. The lowest BCUT2D eigenvalue weighted by Gasteiger charge is -2.08. The molecule has 2 aromatic carbocycles. The summed E-state index contributed by atoms with van der Waals surface area (Å²) in [5.74, 6) is -0.313. The van der Waals surface area contributed by atoms with Crippen LogP contribution in [0, 0.1) is 6.92 Å². The van der Waals surface area contributed by atoms with Gasteiger partial charge in [-0.05, 0) is 25.1 Å². The van der Waals surface area contributed by atoms with E-state index < -0.39 is 0 Å². The highest BCUT2D eigenvalue weighted by atomic mass is 32.1. The molecule has 0 saturated heterocycles. The first-order valence-electron chi connectivity index (χ1n) is 8.01. The van der Waals surface area contributed by atoms with Crippen LogP contribution >= 0.6 is 11.3 Å². The van der Waals surface area contributed by atoms with Crippen molar-refractivity contribution in [3.8, 4) is 16.9 Å². The third kappa shape index (κ3) is 3.25. The molecule has 1 amide bonds. The lowest BCUT2D eigenvalue weighted by Crippen LogP contribution is -2.14. The monoisotopic (exact) mass is 361 g/mol. The summed E-state index contributed by atoms with van der Waals surface area (Å²) in [7, 11) is 0. The van der Waals surface area contributed by atoms with Crippen LogP contribution < -0.4 is 5.32 Å². The predicted molar refractivity (Wildman–Crippen MR) is 102 cm³/mol. The van der Waals surface area contributed by atoms with Gasteiger partial charge in [-0.3, -0.25) is 4.79 Å². The summed E-state index contributed by atoms with van der Waals surface area (Å²) in [5, 5.41) is 14.3. The van der Waals surface area contributed by atoms with Crippen molar-refractivity contribution in [1.82, 2.24) is 20.0 Å². The van der Waals surface area contributed by atoms with Gasteiger partial charge in [-0.2, -0.15) is 9.90 Å². The molecule has 6 nitrogen and oxygen atoms in total. The minimum Gasteiger partial charge on any atom is -0.320 e. The zero-order chi connectivity index (χ0) is 17.9. The third-order valence-corrected chi connectivity index (χ3v) is 4.56. The van der Waals surface area contributed by atoms with Crippen molar-refractivity contribution in [2.75, 3.05) is 5.32 Å². The fraction of sp³-hybridized carbons (Fsp3) is 0.0526. The maximum atomic E-state index is 12.6. The van der Waals surface area contributed by atoms with E-state index in [4.69, 9.17) is 0 Å². The highest BCUT2D eigenvalue weighted by Crippen LogP contribution is 2.29. The second-order valence-electron chi connectivity index (χ2n) is 5.61. The summed E-state index contributed by atoms with van der Waals surface area (Å²) < 4.78 is 0. The molecule has 2 aromatic heterocycles. The molecule has 0 aliphatic heterocycles. The fourth-order valence-corrected chi connectivity index (χ4v) is 3.15. The SMILES string of the molecule is Cc1nc(-c2ccccc2NC(=O)c2cnn(-c3ccccc3)n2)cs1. The van der Waals surface area contributed by atoms with E-state index >= 15 is 0 Å². The predicted octanol–water partition coefficient (Wildman–Crippen LogP) is 3.95. The number of hydrogen-bond donors (Lipinski definition) is 1. The molecule has 0 atom stereocenters. The molecule has 0 bridgehead atoms. The second kappa shape index (κ2) is 6.89. The van der Waals surface area contributed by atoms with Gasteiger partial charge in [-0.15, -0.1) is 16.4 Å². The second-order valence-corrected chi connectivity index (χ2v) is 6.67. The maximum absolute atomic E-state index is 12.6. The molecule has 0 unspecified atom stereocenters. The molecule has 4 aromatic rings. The topological polar surface area (TPSA) is 72.7 Å². The average Bonchev–Trinajstić information content (AvgIpc) is 3.32. The molecule has 2 heterocycles. The van der Waals surface area contributed by atoms with E-state index in [1.807, 2.05) is 66.9 Å². The molecule has 0 spiro atoms. The number of thiazole rings is 1. The van der Waals surface area contributed by atoms with Gasteiger partial charge in [0.2, 0.25) is 0 Å². The number of benzene rings is 2. The molecule has 26 heavy (non-hydrogen) atoms. The summed E-state index contributed by atoms with van der Waals surface area (Å²) in [6.07, 6.45) is 1.46. The first kappa shape index (κ1) is 16.2. The normalized spacial score (nSPS) is 10.7. The van der Waals surface area contributed by atoms with Gasteiger partial charge < -0.3 is 5.32 Å². The van der Waals surface area contributed by atoms with Crippen LogP contribution in [0.2, 0.25) is 0 Å². The van der Waals surface area contributed by atoms with Crippen LogP contribution in [-0.4, -0.2) is 25.9 Å². The lowest BCUT2D eigenvalue weighted by atomic mass is 10.1. The molecule has 0 aliphatic rings. The number of rotatable bonds is 4. The number of hydrogen-bond acceptors (Lipinski definition) is 5. The van der Waals surface area contributed by atoms with E-state index in [-0.39, 0.29) is 11.6 Å². The zero-order valence-electron chi connectivity index (χ0n) is 14.0. The van der Waals surface area contributed by atoms with Crippen LogP contribution in [0.25, 0.3) is 16.9 Å². The largest absolute Gasteiger partial charge is 0.320 e. The van der Waals surface area contributed by atoms with E-state index in [0.717, 1.165) is 22.0 Å². The van der Waals surface area contributed by atoms with Gasteiger partial charge in [-0.25, -0.2) is 4.98 Å². The Morgan fingerprint density at radius 3 is 2.62 bits per heavy atom. The third-order valence-electron chi connectivity index (χ3n) is 3.78. The number of carbonyl (C=O) groups is 1. The van der Waals surface area contributed by atoms with Gasteiger partial charge in [0.05, 0.1) is 28.3 Å². The molecule has 0 aliphatic carbocycles. The fourth-order valence-electron chi connectivity index (χ4n) is 2.54. The molecular formula is C19H15N5OS. The number of nitrogens with one attached hydrogen (secondary N) is 1. The Morgan fingerprint density at radius 2 is 1.85 bits per heavy atom. The van der Waals surface area contributed by atoms with Crippen LogP contribution in [0.1, 0.15) is 15.5 Å². The quantitative estimate of drug-likeness (QED) is 0.597. The number of amides is 1. The van der Waals surface area contributed by atoms with Gasteiger partial charge in [-0.1, -0.05) is 36.4 Å². The van der Waals surface area contributed by atoms with E-state index in [0.29, 0.717) is 5.69 Å². The molecule has 0 radical (unpaired) electrons. The lowest BCUT2D eigenvalue weighted by molar-refractivity contribution is 0.102. The van der Waals surface area contributed by atoms with E-state index in [9.17, 15) is 4.79 Å². The van der Waals surface area contributed by atoms with Crippen molar-refractivity contribution >= 4 is 22.9 Å². The summed E-state index contributed by atoms with van der Waals surface area (Å²) in [6.45, 7) is 1.96. The van der Waals surface area contributed by atoms with Crippen molar-refractivity contribution in [2.24, 2.45) is 0 Å². The van der Waals surface area contributed by atoms with Crippen LogP contribution in [-0.2, 0) is 0 Å². The van der Waals surface area contributed by atoms with E-state index in [2.05, 4.69) is 20.5 Å². The Morgan fingerprint density at radius 1 is 1.08 bits per heavy atom. The first-order chi connectivity index (χ1) is 12.7. The van der Waals surface area contributed by atoms with Gasteiger partial charge in [0.25, 0.3) is 5.91 Å². The summed E-state index contributed by atoms with van der Waals surface area (Å²) >= 11 is 1.57. The van der Waals surface area contributed by atoms with Crippen LogP contribution in [0.5, 0.6) is 0 Å². The number of anilines is 1. The Bertz CT molecular complexity index is 1050. The van der Waals surface area contributed by atoms with Gasteiger partial charge in [0.15, 0.2) is 5.69 Å². The van der Waals surface area contributed by atoms with E-state index in [1.165, 1.54) is 11.0 Å². The van der Waals surface area contributed by atoms with Gasteiger partial charge in [0.1, 0.15) is 0 Å². The molecule has 1 N–H and O–H groups in total. The Labute approximate surface area is 154 Å². The highest BCUT2D eigenvalue weighted by molar-refractivity contribution is 7.09.